The molecule has 1 saturated carbocycles. The van der Waals surface area contributed by atoms with E-state index in [0.29, 0.717) is 12.8 Å². The van der Waals surface area contributed by atoms with Crippen LogP contribution in [0.4, 0.5) is 4.79 Å². The Bertz CT molecular complexity index is 852. The number of nitrogens with one attached hydrogen (secondary N) is 1. The molecule has 2 aromatic carbocycles. The van der Waals surface area contributed by atoms with Crippen molar-refractivity contribution in [2.24, 2.45) is 5.41 Å². The number of urea groups is 1. The number of hydrogen-bond acceptors (Lipinski definition) is 3. The second-order valence-electron chi connectivity index (χ2n) is 8.45. The van der Waals surface area contributed by atoms with Crippen molar-refractivity contribution in [2.75, 3.05) is 0 Å². The molecule has 1 N–H and O–H groups in total. The molecule has 0 spiro atoms. The molecule has 0 aromatic heterocycles. The Labute approximate surface area is 213 Å². The van der Waals surface area contributed by atoms with Gasteiger partial charge in [0, 0.05) is 0 Å². The van der Waals surface area contributed by atoms with Gasteiger partial charge in [-0.05, 0) is 62.8 Å². The molecule has 2 fully saturated rings. The van der Waals surface area contributed by atoms with Gasteiger partial charge in [0.15, 0.2) is 17.8 Å². The van der Waals surface area contributed by atoms with E-state index in [1.54, 1.807) is 24.5 Å². The molecule has 4 amide bonds. The minimum atomic E-state index is -1.12. The number of barbiturate groups is 1. The Morgan fingerprint density at radius 2 is 1.33 bits per heavy atom. The third-order valence-electron chi connectivity index (χ3n) is 6.66. The monoisotopic (exact) mass is 559 g/mol. The van der Waals surface area contributed by atoms with E-state index >= 15 is 0 Å². The summed E-state index contributed by atoms with van der Waals surface area (Å²) in [5, 5.41) is 8.43. The van der Waals surface area contributed by atoms with Gasteiger partial charge < -0.3 is 10.6 Å². The summed E-state index contributed by atoms with van der Waals surface area (Å²) < 4.78 is 0. The van der Waals surface area contributed by atoms with E-state index in [2.05, 4.69) is 66.0 Å². The SMILES string of the molecule is CCC1(CC)C(=O)[N-]C(=O)NC1=O.[Ag+].c1ccc([PH+](c2ccccc2)C2CCCCC2)cc1. The first-order valence-corrected chi connectivity index (χ1v) is 13.2. The van der Waals surface area contributed by atoms with Gasteiger partial charge >= 0.3 is 22.4 Å². The average molecular weight is 560 g/mol. The minimum absolute atomic E-state index is 0. The van der Waals surface area contributed by atoms with Gasteiger partial charge in [0.25, 0.3) is 0 Å². The summed E-state index contributed by atoms with van der Waals surface area (Å²) in [5.74, 6) is -1.14. The van der Waals surface area contributed by atoms with Gasteiger partial charge in [-0.2, -0.15) is 0 Å². The topological polar surface area (TPSA) is 77.3 Å². The van der Waals surface area contributed by atoms with Crippen LogP contribution in [0.3, 0.4) is 0 Å². The molecule has 4 rings (SSSR count). The summed E-state index contributed by atoms with van der Waals surface area (Å²) >= 11 is 0. The molecular formula is C26H33AgN2O3P+. The summed E-state index contributed by atoms with van der Waals surface area (Å²) in [6.07, 6.45) is 7.89. The molecule has 1 heterocycles. The number of benzene rings is 2. The van der Waals surface area contributed by atoms with Crippen molar-refractivity contribution < 1.29 is 36.8 Å². The molecule has 0 bridgehead atoms. The van der Waals surface area contributed by atoms with E-state index in [-0.39, 0.29) is 22.4 Å². The molecule has 1 saturated heterocycles. The molecule has 5 nitrogen and oxygen atoms in total. The minimum Gasteiger partial charge on any atom is -0.394 e. The van der Waals surface area contributed by atoms with Gasteiger partial charge in [0.1, 0.15) is 0 Å². The van der Waals surface area contributed by atoms with E-state index in [4.69, 9.17) is 0 Å². The predicted octanol–water partition coefficient (Wildman–Crippen LogP) is 5.12. The van der Waals surface area contributed by atoms with Crippen molar-refractivity contribution in [2.45, 2.75) is 64.5 Å². The summed E-state index contributed by atoms with van der Waals surface area (Å²) in [5.41, 5.74) is -0.197. The zero-order valence-corrected chi connectivity index (χ0v) is 21.8. The molecule has 0 unspecified atom stereocenters. The number of carbonyl (C=O) groups excluding carboxylic acids is 3. The van der Waals surface area contributed by atoms with Gasteiger partial charge in [0.2, 0.25) is 0 Å². The molecule has 1 aliphatic heterocycles. The van der Waals surface area contributed by atoms with Gasteiger partial charge in [-0.15, -0.1) is 0 Å². The van der Waals surface area contributed by atoms with E-state index < -0.39 is 31.2 Å². The first-order valence-electron chi connectivity index (χ1n) is 11.6. The number of rotatable bonds is 5. The van der Waals surface area contributed by atoms with Crippen LogP contribution in [0.1, 0.15) is 58.8 Å². The first-order chi connectivity index (χ1) is 15.5. The summed E-state index contributed by atoms with van der Waals surface area (Å²) in [6, 6.07) is 21.6. The molecule has 7 heteroatoms. The van der Waals surface area contributed by atoms with Crippen LogP contribution in [0.15, 0.2) is 60.7 Å². The summed E-state index contributed by atoms with van der Waals surface area (Å²) in [4.78, 5) is 33.4. The van der Waals surface area contributed by atoms with Crippen molar-refractivity contribution in [3.63, 3.8) is 0 Å². The number of amides is 4. The number of hydrogen-bond donors (Lipinski definition) is 1. The van der Waals surface area contributed by atoms with E-state index in [1.165, 1.54) is 32.1 Å². The third kappa shape index (κ3) is 6.64. The third-order valence-corrected chi connectivity index (χ3v) is 9.96. The van der Waals surface area contributed by atoms with Crippen molar-refractivity contribution in [1.82, 2.24) is 5.32 Å². The normalized spacial score (nSPS) is 17.8. The van der Waals surface area contributed by atoms with Crippen molar-refractivity contribution in [1.29, 1.82) is 0 Å². The fourth-order valence-corrected chi connectivity index (χ4v) is 8.04. The Balaban J connectivity index is 0.000000244. The molecule has 1 aliphatic carbocycles. The van der Waals surface area contributed by atoms with Crippen molar-refractivity contribution in [3.05, 3.63) is 66.0 Å². The summed E-state index contributed by atoms with van der Waals surface area (Å²) in [7, 11) is -0.600. The molecular weight excluding hydrogens is 527 g/mol. The Morgan fingerprint density at radius 1 is 0.848 bits per heavy atom. The largest absolute Gasteiger partial charge is 1.00 e. The first kappa shape index (κ1) is 27.5. The molecule has 0 atom stereocenters. The zero-order valence-electron chi connectivity index (χ0n) is 19.3. The molecule has 2 aliphatic rings. The maximum atomic E-state index is 11.4. The molecule has 33 heavy (non-hydrogen) atoms. The van der Waals surface area contributed by atoms with Crippen LogP contribution >= 0.6 is 7.92 Å². The van der Waals surface area contributed by atoms with E-state index in [9.17, 15) is 14.4 Å². The molecule has 180 valence electrons. The number of imide groups is 2. The van der Waals surface area contributed by atoms with Gasteiger partial charge in [-0.1, -0.05) is 56.7 Å². The summed E-state index contributed by atoms with van der Waals surface area (Å²) in [6.45, 7) is 3.46. The smallest absolute Gasteiger partial charge is 0.394 e. The van der Waals surface area contributed by atoms with Crippen molar-refractivity contribution >= 4 is 36.4 Å². The second-order valence-corrected chi connectivity index (χ2v) is 11.2. The Hall–Kier alpha value is -1.78. The van der Waals surface area contributed by atoms with Crippen LogP contribution in [0.5, 0.6) is 0 Å². The Morgan fingerprint density at radius 3 is 1.76 bits per heavy atom. The van der Waals surface area contributed by atoms with Crippen LogP contribution in [0, 0.1) is 5.41 Å². The maximum Gasteiger partial charge on any atom is 1.00 e. The van der Waals surface area contributed by atoms with Crippen LogP contribution in [0.25, 0.3) is 5.32 Å². The van der Waals surface area contributed by atoms with Gasteiger partial charge in [-0.25, -0.2) is 0 Å². The fraction of sp³-hybridized carbons (Fsp3) is 0.423. The average Bonchev–Trinajstić information content (AvgIpc) is 2.82. The van der Waals surface area contributed by atoms with E-state index in [0.717, 1.165) is 5.66 Å². The standard InChI is InChI=1S/C18H21P.C8H12N2O3.Ag/c1-4-10-16(11-5-1)19(17-12-6-2-7-13-17)18-14-8-3-9-15-18;1-3-8(4-2)5(11)9-7(13)10-6(8)12;/h1-2,4-7,10-13,18H,3,8-9,14-15H2;3-4H2,1-2H3,(H2,9,10,11,12,13);/q;;+1. The number of nitrogens with zero attached hydrogens (tertiary/aromatic N) is 1. The van der Waals surface area contributed by atoms with E-state index in [1.807, 2.05) is 5.32 Å². The quantitative estimate of drug-likeness (QED) is 0.313. The van der Waals surface area contributed by atoms with Crippen LogP contribution < -0.4 is 15.9 Å². The predicted molar refractivity (Wildman–Crippen MR) is 132 cm³/mol. The fourth-order valence-electron chi connectivity index (χ4n) is 4.68. The number of carbonyl (C=O) groups is 3. The molecule has 0 radical (unpaired) electrons. The van der Waals surface area contributed by atoms with Gasteiger partial charge in [-0.3, -0.25) is 14.4 Å². The van der Waals surface area contributed by atoms with Gasteiger partial charge in [0.05, 0.1) is 29.6 Å². The molecule has 2 aromatic rings. The van der Waals surface area contributed by atoms with Crippen LogP contribution in [-0.4, -0.2) is 23.5 Å². The zero-order chi connectivity index (χ0) is 23.0. The van der Waals surface area contributed by atoms with Crippen LogP contribution in [-0.2, 0) is 32.0 Å². The van der Waals surface area contributed by atoms with Crippen molar-refractivity contribution in [3.8, 4) is 0 Å². The maximum absolute atomic E-state index is 11.4. The van der Waals surface area contributed by atoms with Crippen LogP contribution in [0.2, 0.25) is 0 Å². The second kappa shape index (κ2) is 13.2. The Kier molecular flexibility index (Phi) is 11.0.